The molecule has 7 heteroatoms. The van der Waals surface area contributed by atoms with Crippen molar-refractivity contribution in [3.05, 3.63) is 47.8 Å². The third-order valence-electron chi connectivity index (χ3n) is 5.33. The van der Waals surface area contributed by atoms with Gasteiger partial charge in [-0.2, -0.15) is 0 Å². The van der Waals surface area contributed by atoms with Gasteiger partial charge in [0.25, 0.3) is 5.91 Å². The smallest absolute Gasteiger partial charge is 0.271 e. The van der Waals surface area contributed by atoms with E-state index in [2.05, 4.69) is 22.2 Å². The molecule has 0 spiro atoms. The maximum absolute atomic E-state index is 12.6. The molecule has 0 unspecified atom stereocenters. The van der Waals surface area contributed by atoms with E-state index in [1.54, 1.807) is 12.4 Å². The number of rotatable bonds is 4. The fraction of sp³-hybridized carbons (Fsp3) is 0.474. The van der Waals surface area contributed by atoms with Crippen LogP contribution in [0.25, 0.3) is 0 Å². The minimum Gasteiger partial charge on any atom is -0.345 e. The molecule has 0 aromatic carbocycles. The summed E-state index contributed by atoms with van der Waals surface area (Å²) in [6.45, 7) is 5.80. The number of aromatic nitrogens is 3. The van der Waals surface area contributed by atoms with Crippen molar-refractivity contribution in [2.24, 2.45) is 11.8 Å². The highest BCUT2D eigenvalue weighted by Crippen LogP contribution is 2.41. The lowest BCUT2D eigenvalue weighted by Crippen LogP contribution is -2.42. The summed E-state index contributed by atoms with van der Waals surface area (Å²) < 4.78 is 1.99. The van der Waals surface area contributed by atoms with Crippen LogP contribution in [0.5, 0.6) is 0 Å². The third kappa shape index (κ3) is 3.09. The molecule has 2 aromatic heterocycles. The fourth-order valence-corrected chi connectivity index (χ4v) is 3.54. The minimum atomic E-state index is -0.224. The molecule has 1 saturated carbocycles. The number of carbonyl (C=O) groups excluding carboxylic acids is 2. The number of imidazole rings is 1. The number of nitrogens with zero attached hydrogens (tertiary/aromatic N) is 4. The van der Waals surface area contributed by atoms with Crippen LogP contribution >= 0.6 is 0 Å². The molecule has 1 aliphatic heterocycles. The Morgan fingerprint density at radius 2 is 2.08 bits per heavy atom. The molecule has 0 bridgehead atoms. The summed E-state index contributed by atoms with van der Waals surface area (Å²) in [5.74, 6) is 1.43. The fourth-order valence-electron chi connectivity index (χ4n) is 3.54. The minimum absolute atomic E-state index is 0.110. The first-order chi connectivity index (χ1) is 12.5. The van der Waals surface area contributed by atoms with E-state index >= 15 is 0 Å². The molecule has 26 heavy (non-hydrogen) atoms. The second-order valence-electron chi connectivity index (χ2n) is 7.21. The Morgan fingerprint density at radius 1 is 1.27 bits per heavy atom. The average molecular weight is 353 g/mol. The Kier molecular flexibility index (Phi) is 4.22. The number of carbonyl (C=O) groups is 2. The van der Waals surface area contributed by atoms with Gasteiger partial charge in [0.1, 0.15) is 11.5 Å². The molecular weight excluding hydrogens is 330 g/mol. The predicted molar refractivity (Wildman–Crippen MR) is 95.0 cm³/mol. The van der Waals surface area contributed by atoms with E-state index in [0.717, 1.165) is 17.9 Å². The van der Waals surface area contributed by atoms with Crippen LogP contribution in [-0.2, 0) is 17.9 Å². The lowest BCUT2D eigenvalue weighted by molar-refractivity contribution is -0.136. The second kappa shape index (κ2) is 6.55. The molecule has 136 valence electrons. The molecule has 3 atom stereocenters. The van der Waals surface area contributed by atoms with Crippen LogP contribution in [0.2, 0.25) is 0 Å². The maximum atomic E-state index is 12.6. The summed E-state index contributed by atoms with van der Waals surface area (Å²) in [6.07, 6.45) is 4.46. The van der Waals surface area contributed by atoms with Crippen LogP contribution in [0, 0.1) is 11.8 Å². The molecule has 0 radical (unpaired) electrons. The normalized spacial score (nSPS) is 24.1. The van der Waals surface area contributed by atoms with Crippen molar-refractivity contribution in [1.82, 2.24) is 24.8 Å². The first kappa shape index (κ1) is 16.8. The van der Waals surface area contributed by atoms with Crippen molar-refractivity contribution < 1.29 is 9.59 Å². The van der Waals surface area contributed by atoms with Crippen LogP contribution in [-0.4, -0.2) is 37.8 Å². The van der Waals surface area contributed by atoms with Crippen LogP contribution < -0.4 is 5.32 Å². The standard InChI is InChI=1S/C19H23N5O2/c1-12-9-15(12)19(26)24-8-7-23-11-16(22-17(23)13(24)2)18(25)21-10-14-5-3-4-6-20-14/h3-6,11-13,15H,7-10H2,1-2H3,(H,21,25)/t12-,13+,15+/m1/s1. The van der Waals surface area contributed by atoms with E-state index in [1.165, 1.54) is 0 Å². The number of fused-ring (bicyclic) bond motifs is 1. The van der Waals surface area contributed by atoms with Gasteiger partial charge in [0.2, 0.25) is 5.91 Å². The third-order valence-corrected chi connectivity index (χ3v) is 5.33. The topological polar surface area (TPSA) is 80.1 Å². The second-order valence-corrected chi connectivity index (χ2v) is 7.21. The monoisotopic (exact) mass is 353 g/mol. The Morgan fingerprint density at radius 3 is 2.77 bits per heavy atom. The van der Waals surface area contributed by atoms with Gasteiger partial charge >= 0.3 is 0 Å². The van der Waals surface area contributed by atoms with Gasteiger partial charge in [0, 0.05) is 31.4 Å². The van der Waals surface area contributed by atoms with Gasteiger partial charge in [0.15, 0.2) is 0 Å². The number of amides is 2. The summed E-state index contributed by atoms with van der Waals surface area (Å²) in [4.78, 5) is 35.6. The number of pyridine rings is 1. The molecule has 7 nitrogen and oxygen atoms in total. The van der Waals surface area contributed by atoms with E-state index in [0.29, 0.717) is 31.2 Å². The van der Waals surface area contributed by atoms with Crippen molar-refractivity contribution in [2.45, 2.75) is 39.4 Å². The molecule has 2 amide bonds. The van der Waals surface area contributed by atoms with Crippen LogP contribution in [0.4, 0.5) is 0 Å². The maximum Gasteiger partial charge on any atom is 0.271 e. The summed E-state index contributed by atoms with van der Waals surface area (Å²) in [7, 11) is 0. The molecule has 2 aromatic rings. The van der Waals surface area contributed by atoms with E-state index in [4.69, 9.17) is 0 Å². The van der Waals surface area contributed by atoms with Gasteiger partial charge in [-0.05, 0) is 31.4 Å². The molecule has 4 rings (SSSR count). The number of nitrogens with one attached hydrogen (secondary N) is 1. The van der Waals surface area contributed by atoms with E-state index in [9.17, 15) is 9.59 Å². The predicted octanol–water partition coefficient (Wildman–Crippen LogP) is 1.77. The first-order valence-corrected chi connectivity index (χ1v) is 9.10. The highest BCUT2D eigenvalue weighted by Gasteiger charge is 2.44. The number of hydrogen-bond donors (Lipinski definition) is 1. The highest BCUT2D eigenvalue weighted by atomic mass is 16.2. The Bertz CT molecular complexity index is 832. The van der Waals surface area contributed by atoms with E-state index < -0.39 is 0 Å². The molecule has 2 aliphatic rings. The lowest BCUT2D eigenvalue weighted by Gasteiger charge is -2.34. The van der Waals surface area contributed by atoms with Crippen molar-refractivity contribution in [3.63, 3.8) is 0 Å². The van der Waals surface area contributed by atoms with E-state index in [-0.39, 0.29) is 23.8 Å². The highest BCUT2D eigenvalue weighted by molar-refractivity contribution is 5.92. The molecule has 1 fully saturated rings. The van der Waals surface area contributed by atoms with Crippen molar-refractivity contribution in [2.75, 3.05) is 6.54 Å². The van der Waals surface area contributed by atoms with Crippen LogP contribution in [0.1, 0.15) is 48.3 Å². The zero-order chi connectivity index (χ0) is 18.3. The molecule has 1 N–H and O–H groups in total. The van der Waals surface area contributed by atoms with Gasteiger partial charge in [-0.25, -0.2) is 4.98 Å². The van der Waals surface area contributed by atoms with Gasteiger partial charge in [-0.3, -0.25) is 14.6 Å². The van der Waals surface area contributed by atoms with Crippen LogP contribution in [0.15, 0.2) is 30.6 Å². The van der Waals surface area contributed by atoms with Gasteiger partial charge in [-0.15, -0.1) is 0 Å². The molecule has 0 saturated heterocycles. The average Bonchev–Trinajstić information content (AvgIpc) is 3.21. The van der Waals surface area contributed by atoms with Gasteiger partial charge < -0.3 is 14.8 Å². The Hall–Kier alpha value is -2.70. The molecule has 3 heterocycles. The Labute approximate surface area is 152 Å². The van der Waals surface area contributed by atoms with Crippen molar-refractivity contribution in [1.29, 1.82) is 0 Å². The van der Waals surface area contributed by atoms with Crippen LogP contribution in [0.3, 0.4) is 0 Å². The van der Waals surface area contributed by atoms with E-state index in [1.807, 2.05) is 34.6 Å². The zero-order valence-electron chi connectivity index (χ0n) is 15.1. The SMILES string of the molecule is C[C@@H]1C[C@@H]1C(=O)N1CCn2cc(C(=O)NCc3ccccn3)nc2[C@@H]1C. The molecule has 1 aliphatic carbocycles. The number of hydrogen-bond acceptors (Lipinski definition) is 4. The Balaban J connectivity index is 1.45. The zero-order valence-corrected chi connectivity index (χ0v) is 15.1. The largest absolute Gasteiger partial charge is 0.345 e. The summed E-state index contributed by atoms with van der Waals surface area (Å²) in [6, 6.07) is 5.48. The quantitative estimate of drug-likeness (QED) is 0.908. The summed E-state index contributed by atoms with van der Waals surface area (Å²) in [5.41, 5.74) is 1.19. The van der Waals surface area contributed by atoms with Crippen molar-refractivity contribution >= 4 is 11.8 Å². The first-order valence-electron chi connectivity index (χ1n) is 9.10. The summed E-state index contributed by atoms with van der Waals surface area (Å²) in [5, 5.41) is 2.85. The van der Waals surface area contributed by atoms with Crippen molar-refractivity contribution in [3.8, 4) is 0 Å². The lowest BCUT2D eigenvalue weighted by atomic mass is 10.1. The van der Waals surface area contributed by atoms with Gasteiger partial charge in [0.05, 0.1) is 18.3 Å². The van der Waals surface area contributed by atoms with Gasteiger partial charge in [-0.1, -0.05) is 13.0 Å². The molecular formula is C19H23N5O2. The summed E-state index contributed by atoms with van der Waals surface area (Å²) >= 11 is 0.